The van der Waals surface area contributed by atoms with Crippen LogP contribution in [0.1, 0.15) is 74.9 Å². The molecular formula is C43H34N2Pt. The zero-order valence-electron chi connectivity index (χ0n) is 26.9. The Hall–Kier alpha value is -4.13. The van der Waals surface area contributed by atoms with Crippen LogP contribution in [0.5, 0.6) is 0 Å². The number of nitrogens with zero attached hydrogens (tertiary/aromatic N) is 2. The quantitative estimate of drug-likeness (QED) is 0.144. The van der Waals surface area contributed by atoms with Crippen LogP contribution < -0.4 is 0 Å². The number of hydrogen-bond acceptors (Lipinski definition) is 2. The van der Waals surface area contributed by atoms with Gasteiger partial charge in [-0.15, -0.1) is 46.5 Å². The maximum Gasteiger partial charge on any atom is 2.00 e. The normalized spacial score (nSPS) is 14.3. The van der Waals surface area contributed by atoms with E-state index in [9.17, 15) is 0 Å². The third-order valence-electron chi connectivity index (χ3n) is 10.1. The van der Waals surface area contributed by atoms with E-state index in [2.05, 4.69) is 151 Å². The fraction of sp³-hybridized carbons (Fsp3) is 0.209. The van der Waals surface area contributed by atoms with Crippen LogP contribution in [0.4, 0.5) is 0 Å². The topological polar surface area (TPSA) is 25.8 Å². The summed E-state index contributed by atoms with van der Waals surface area (Å²) in [5, 5.41) is 0. The van der Waals surface area contributed by atoms with E-state index in [4.69, 9.17) is 9.97 Å². The van der Waals surface area contributed by atoms with Gasteiger partial charge in [0.25, 0.3) is 0 Å². The molecule has 3 heteroatoms. The second kappa shape index (κ2) is 9.69. The van der Waals surface area contributed by atoms with E-state index in [1.54, 1.807) is 0 Å². The maximum absolute atomic E-state index is 5.47. The number of pyridine rings is 2. The first-order valence-electron chi connectivity index (χ1n) is 15.9. The van der Waals surface area contributed by atoms with Gasteiger partial charge < -0.3 is 0 Å². The van der Waals surface area contributed by atoms with Crippen molar-refractivity contribution in [3.8, 4) is 56.2 Å². The molecule has 1 aliphatic heterocycles. The van der Waals surface area contributed by atoms with Crippen LogP contribution in [0.25, 0.3) is 56.2 Å². The second-order valence-electron chi connectivity index (χ2n) is 14.8. The molecule has 2 nitrogen and oxygen atoms in total. The van der Waals surface area contributed by atoms with E-state index in [0.717, 1.165) is 45.0 Å². The summed E-state index contributed by atoms with van der Waals surface area (Å²) in [5.74, 6) is 0. The minimum absolute atomic E-state index is 0. The Bertz CT molecular complexity index is 2090. The SMILES string of the molecule is CC(C)(C)c1ccc2[c-]c1-c1[c-]c(ccc1C(C)(C)C)-c1ccc3c(n1)-c1nc-2ccc1C31c2ccccc2-c2ccccc21.[Pt+2]. The number of benzene rings is 4. The molecule has 0 amide bonds. The Morgan fingerprint density at radius 3 is 1.30 bits per heavy atom. The van der Waals surface area contributed by atoms with E-state index >= 15 is 0 Å². The van der Waals surface area contributed by atoms with Gasteiger partial charge in [0.2, 0.25) is 0 Å². The first-order valence-corrected chi connectivity index (χ1v) is 15.9. The third kappa shape index (κ3) is 3.80. The van der Waals surface area contributed by atoms with E-state index in [-0.39, 0.29) is 31.9 Å². The Balaban J connectivity index is 0.00000312. The van der Waals surface area contributed by atoms with Crippen molar-refractivity contribution < 1.29 is 21.1 Å². The van der Waals surface area contributed by atoms with Gasteiger partial charge in [-0.05, 0) is 44.2 Å². The molecule has 46 heavy (non-hydrogen) atoms. The number of rotatable bonds is 0. The monoisotopic (exact) mass is 773 g/mol. The van der Waals surface area contributed by atoms with Gasteiger partial charge >= 0.3 is 21.1 Å². The van der Waals surface area contributed by atoms with Gasteiger partial charge in [0.1, 0.15) is 0 Å². The Morgan fingerprint density at radius 1 is 0.478 bits per heavy atom. The second-order valence-corrected chi connectivity index (χ2v) is 14.8. The number of hydrogen-bond donors (Lipinski definition) is 0. The molecule has 6 aromatic rings. The summed E-state index contributed by atoms with van der Waals surface area (Å²) in [7, 11) is 0. The van der Waals surface area contributed by atoms with Gasteiger partial charge in [0.15, 0.2) is 0 Å². The van der Waals surface area contributed by atoms with Crippen LogP contribution in [0.15, 0.2) is 97.1 Å². The predicted octanol–water partition coefficient (Wildman–Crippen LogP) is 10.3. The molecule has 9 rings (SSSR count). The summed E-state index contributed by atoms with van der Waals surface area (Å²) >= 11 is 0. The summed E-state index contributed by atoms with van der Waals surface area (Å²) in [5.41, 5.74) is 17.4. The fourth-order valence-electron chi connectivity index (χ4n) is 8.08. The summed E-state index contributed by atoms with van der Waals surface area (Å²) in [6.07, 6.45) is 0. The fourth-order valence-corrected chi connectivity index (χ4v) is 8.08. The van der Waals surface area contributed by atoms with Crippen LogP contribution in [0.2, 0.25) is 0 Å². The van der Waals surface area contributed by atoms with Gasteiger partial charge in [0, 0.05) is 11.4 Å². The molecule has 0 fully saturated rings. The first kappa shape index (κ1) is 29.3. The first-order chi connectivity index (χ1) is 21.6. The van der Waals surface area contributed by atoms with Crippen molar-refractivity contribution in [3.05, 3.63) is 143 Å². The average molecular weight is 774 g/mol. The van der Waals surface area contributed by atoms with Crippen molar-refractivity contribution >= 4 is 0 Å². The third-order valence-corrected chi connectivity index (χ3v) is 10.1. The standard InChI is InChI=1S/C43H34N2.Pt/c1-41(2,3)31-17-15-25-23-29(31)30-24-26(16-18-32(30)42(4,5)6)38-22-20-36-40(45-38)39-35(19-21-37(25)44-39)43(36)33-13-9-7-11-27(33)28-12-8-10-14-34(28)43;/h7-22H,1-6H3;/q-2;+2. The largest absolute Gasteiger partial charge is 2.00 e. The summed E-state index contributed by atoms with van der Waals surface area (Å²) < 4.78 is 0. The summed E-state index contributed by atoms with van der Waals surface area (Å²) in [6.45, 7) is 13.7. The zero-order chi connectivity index (χ0) is 30.9. The van der Waals surface area contributed by atoms with Crippen molar-refractivity contribution in [2.24, 2.45) is 0 Å². The van der Waals surface area contributed by atoms with Crippen LogP contribution in [-0.4, -0.2) is 9.97 Å². The van der Waals surface area contributed by atoms with Crippen molar-refractivity contribution in [2.45, 2.75) is 57.8 Å². The molecule has 0 radical (unpaired) electrons. The van der Waals surface area contributed by atoms with Gasteiger partial charge in [-0.1, -0.05) is 114 Å². The molecular weight excluding hydrogens is 740 g/mol. The summed E-state index contributed by atoms with van der Waals surface area (Å²) in [4.78, 5) is 10.9. The molecule has 2 aromatic heterocycles. The van der Waals surface area contributed by atoms with Gasteiger partial charge in [-0.3, -0.25) is 9.97 Å². The van der Waals surface area contributed by atoms with Crippen LogP contribution in [-0.2, 0) is 37.3 Å². The molecule has 3 aliphatic rings. The smallest absolute Gasteiger partial charge is 0.285 e. The van der Waals surface area contributed by atoms with Gasteiger partial charge in [0.05, 0.1) is 16.8 Å². The Kier molecular flexibility index (Phi) is 6.17. The molecule has 0 N–H and O–H groups in total. The van der Waals surface area contributed by atoms with E-state index in [1.807, 2.05) is 0 Å². The molecule has 0 atom stereocenters. The van der Waals surface area contributed by atoms with E-state index < -0.39 is 5.41 Å². The van der Waals surface area contributed by atoms with Crippen LogP contribution in [0.3, 0.4) is 0 Å². The minimum atomic E-state index is -0.467. The Labute approximate surface area is 286 Å². The molecule has 3 heterocycles. The van der Waals surface area contributed by atoms with Crippen LogP contribution >= 0.6 is 0 Å². The molecule has 0 saturated carbocycles. The zero-order valence-corrected chi connectivity index (χ0v) is 29.2. The number of fused-ring (bicyclic) bond motifs is 16. The van der Waals surface area contributed by atoms with Crippen molar-refractivity contribution in [1.29, 1.82) is 0 Å². The van der Waals surface area contributed by atoms with Crippen molar-refractivity contribution in [3.63, 3.8) is 0 Å². The predicted molar refractivity (Wildman–Crippen MR) is 183 cm³/mol. The van der Waals surface area contributed by atoms with E-state index in [1.165, 1.54) is 44.5 Å². The molecule has 1 spiro atoms. The molecule has 0 saturated heterocycles. The van der Waals surface area contributed by atoms with Gasteiger partial charge in [-0.25, -0.2) is 0 Å². The average Bonchev–Trinajstić information content (AvgIpc) is 3.49. The Morgan fingerprint density at radius 2 is 0.891 bits per heavy atom. The molecule has 0 unspecified atom stereocenters. The van der Waals surface area contributed by atoms with Crippen molar-refractivity contribution in [2.75, 3.05) is 0 Å². The number of aromatic nitrogens is 2. The molecule has 2 aliphatic carbocycles. The molecule has 4 aromatic carbocycles. The maximum atomic E-state index is 5.47. The van der Waals surface area contributed by atoms with Crippen molar-refractivity contribution in [1.82, 2.24) is 9.97 Å². The van der Waals surface area contributed by atoms with E-state index in [0.29, 0.717) is 0 Å². The van der Waals surface area contributed by atoms with Gasteiger partial charge in [-0.2, -0.15) is 23.3 Å². The minimum Gasteiger partial charge on any atom is -0.285 e. The molecule has 8 bridgehead atoms. The molecule has 226 valence electrons. The van der Waals surface area contributed by atoms with Crippen LogP contribution in [0, 0.1) is 12.1 Å². The summed E-state index contributed by atoms with van der Waals surface area (Å²) in [6, 6.07) is 43.5.